The third-order valence-corrected chi connectivity index (χ3v) is 3.19. The number of benzene rings is 1. The molecule has 0 aromatic heterocycles. The predicted molar refractivity (Wildman–Crippen MR) is 75.8 cm³/mol. The Balaban J connectivity index is 3.03. The summed E-state index contributed by atoms with van der Waals surface area (Å²) in [6, 6.07) is 5.60. The highest BCUT2D eigenvalue weighted by Gasteiger charge is 2.23. The summed E-state index contributed by atoms with van der Waals surface area (Å²) in [7, 11) is 1.58. The zero-order valence-corrected chi connectivity index (χ0v) is 12.4. The Hall–Kier alpha value is -0.450. The van der Waals surface area contributed by atoms with E-state index in [-0.39, 0.29) is 11.2 Å². The molecule has 1 atom stereocenters. The molecular weight excluding hydrogens is 315 g/mol. The molecule has 0 bridgehead atoms. The molecule has 1 unspecified atom stereocenters. The van der Waals surface area contributed by atoms with Gasteiger partial charge in [-0.25, -0.2) is 0 Å². The molecule has 1 N–H and O–H groups in total. The summed E-state index contributed by atoms with van der Waals surface area (Å²) in [6.45, 7) is 6.64. The molecule has 0 heterocycles. The quantitative estimate of drug-likeness (QED) is 0.669. The van der Waals surface area contributed by atoms with E-state index >= 15 is 0 Å². The molecule has 1 aromatic rings. The van der Waals surface area contributed by atoms with Gasteiger partial charge in [-0.2, -0.15) is 0 Å². The molecule has 2 nitrogen and oxygen atoms in total. The first kappa shape index (κ1) is 13.6. The minimum atomic E-state index is 0.0988. The van der Waals surface area contributed by atoms with E-state index in [0.717, 1.165) is 6.42 Å². The number of hydrogen-bond acceptors (Lipinski definition) is 2. The number of ether oxygens (including phenoxy) is 1. The fraction of sp³-hybridized carbons (Fsp3) is 0.538. The van der Waals surface area contributed by atoms with Crippen molar-refractivity contribution in [1.29, 1.82) is 0 Å². The maximum Gasteiger partial charge on any atom is 0.160 e. The van der Waals surface area contributed by atoms with Crippen LogP contribution in [0, 0.1) is 0 Å². The van der Waals surface area contributed by atoms with Crippen molar-refractivity contribution >= 4 is 22.6 Å². The van der Waals surface area contributed by atoms with E-state index in [0.29, 0.717) is 9.67 Å². The van der Waals surface area contributed by atoms with E-state index in [2.05, 4.69) is 43.4 Å². The van der Waals surface area contributed by atoms with E-state index in [4.69, 9.17) is 4.74 Å². The van der Waals surface area contributed by atoms with Gasteiger partial charge in [0, 0.05) is 3.92 Å². The topological polar surface area (TPSA) is 29.5 Å². The smallest absolute Gasteiger partial charge is 0.160 e. The first-order valence-electron chi connectivity index (χ1n) is 5.38. The first-order valence-corrected chi connectivity index (χ1v) is 6.63. The standard InChI is InChI=1S/C13H19IO2/c1-9(14)8-13(2,3)10-5-6-11(15)12(7-10)16-4/h5-7,9,15H,8H2,1-4H3. The van der Waals surface area contributed by atoms with Gasteiger partial charge in [0.1, 0.15) is 0 Å². The summed E-state index contributed by atoms with van der Waals surface area (Å²) in [5.74, 6) is 0.747. The lowest BCUT2D eigenvalue weighted by atomic mass is 9.80. The molecular formula is C13H19IO2. The van der Waals surface area contributed by atoms with Crippen molar-refractivity contribution in [3.05, 3.63) is 23.8 Å². The monoisotopic (exact) mass is 334 g/mol. The molecule has 90 valence electrons. The van der Waals surface area contributed by atoms with Gasteiger partial charge in [0.15, 0.2) is 11.5 Å². The lowest BCUT2D eigenvalue weighted by Gasteiger charge is -2.27. The van der Waals surface area contributed by atoms with Gasteiger partial charge in [-0.1, -0.05) is 49.4 Å². The fourth-order valence-corrected chi connectivity index (χ4v) is 3.02. The van der Waals surface area contributed by atoms with Crippen molar-refractivity contribution in [2.75, 3.05) is 7.11 Å². The van der Waals surface area contributed by atoms with Crippen LogP contribution < -0.4 is 4.74 Å². The van der Waals surface area contributed by atoms with E-state index in [1.165, 1.54) is 5.56 Å². The second kappa shape index (κ2) is 5.25. The van der Waals surface area contributed by atoms with Crippen molar-refractivity contribution in [3.63, 3.8) is 0 Å². The molecule has 16 heavy (non-hydrogen) atoms. The number of hydrogen-bond donors (Lipinski definition) is 1. The van der Waals surface area contributed by atoms with Gasteiger partial charge in [0.05, 0.1) is 7.11 Å². The third kappa shape index (κ3) is 3.27. The molecule has 0 radical (unpaired) electrons. The van der Waals surface area contributed by atoms with E-state index in [1.54, 1.807) is 13.2 Å². The average molecular weight is 334 g/mol. The molecule has 0 aliphatic carbocycles. The van der Waals surface area contributed by atoms with Crippen molar-refractivity contribution in [3.8, 4) is 11.5 Å². The minimum Gasteiger partial charge on any atom is -0.504 e. The Morgan fingerprint density at radius 2 is 2.06 bits per heavy atom. The fourth-order valence-electron chi connectivity index (χ4n) is 1.92. The SMILES string of the molecule is COc1cc(C(C)(C)CC(C)I)ccc1O. The maximum absolute atomic E-state index is 9.56. The van der Waals surface area contributed by atoms with Gasteiger partial charge >= 0.3 is 0 Å². The van der Waals surface area contributed by atoms with E-state index in [9.17, 15) is 5.11 Å². The van der Waals surface area contributed by atoms with Gasteiger partial charge in [-0.05, 0) is 29.5 Å². The minimum absolute atomic E-state index is 0.0988. The highest BCUT2D eigenvalue weighted by Crippen LogP contribution is 2.35. The maximum atomic E-state index is 9.56. The van der Waals surface area contributed by atoms with Gasteiger partial charge in [-0.3, -0.25) is 0 Å². The first-order chi connectivity index (χ1) is 7.36. The predicted octanol–water partition coefficient (Wildman–Crippen LogP) is 3.89. The second-order valence-corrected chi connectivity index (χ2v) is 6.88. The second-order valence-electron chi connectivity index (χ2n) is 4.76. The number of aromatic hydroxyl groups is 1. The normalized spacial score (nSPS) is 13.6. The summed E-state index contributed by atoms with van der Waals surface area (Å²) < 4.78 is 5.75. The van der Waals surface area contributed by atoms with Gasteiger partial charge in [-0.15, -0.1) is 0 Å². The van der Waals surface area contributed by atoms with Crippen LogP contribution in [0.2, 0.25) is 0 Å². The van der Waals surface area contributed by atoms with Crippen LogP contribution in [0.4, 0.5) is 0 Å². The number of phenolic OH excluding ortho intramolecular Hbond substituents is 1. The summed E-state index contributed by atoms with van der Waals surface area (Å²) in [5, 5.41) is 9.56. The van der Waals surface area contributed by atoms with E-state index < -0.39 is 0 Å². The summed E-state index contributed by atoms with van der Waals surface area (Å²) in [4.78, 5) is 0. The number of halogens is 1. The average Bonchev–Trinajstić information content (AvgIpc) is 2.16. The lowest BCUT2D eigenvalue weighted by Crippen LogP contribution is -2.20. The number of phenols is 1. The summed E-state index contributed by atoms with van der Waals surface area (Å²) in [5.41, 5.74) is 1.30. The molecule has 0 saturated carbocycles. The van der Waals surface area contributed by atoms with Gasteiger partial charge in [0.25, 0.3) is 0 Å². The van der Waals surface area contributed by atoms with Crippen LogP contribution in [-0.2, 0) is 5.41 Å². The van der Waals surface area contributed by atoms with Crippen LogP contribution >= 0.6 is 22.6 Å². The summed E-state index contributed by atoms with van der Waals surface area (Å²) in [6.07, 6.45) is 1.10. The van der Waals surface area contributed by atoms with Gasteiger partial charge in [0.2, 0.25) is 0 Å². The Morgan fingerprint density at radius 3 is 2.56 bits per heavy atom. The van der Waals surface area contributed by atoms with E-state index in [1.807, 2.05) is 12.1 Å². The van der Waals surface area contributed by atoms with Crippen LogP contribution in [0.1, 0.15) is 32.8 Å². The number of alkyl halides is 1. The van der Waals surface area contributed by atoms with Crippen LogP contribution in [-0.4, -0.2) is 16.1 Å². The molecule has 0 amide bonds. The Labute approximate surface area is 111 Å². The van der Waals surface area contributed by atoms with Crippen LogP contribution in [0.3, 0.4) is 0 Å². The molecule has 0 spiro atoms. The highest BCUT2D eigenvalue weighted by atomic mass is 127. The van der Waals surface area contributed by atoms with Crippen LogP contribution in [0.15, 0.2) is 18.2 Å². The molecule has 0 aliphatic rings. The van der Waals surface area contributed by atoms with Crippen molar-refractivity contribution in [1.82, 2.24) is 0 Å². The molecule has 0 aliphatic heterocycles. The number of methoxy groups -OCH3 is 1. The Kier molecular flexibility index (Phi) is 4.47. The third-order valence-electron chi connectivity index (χ3n) is 2.75. The van der Waals surface area contributed by atoms with Crippen molar-refractivity contribution in [2.45, 2.75) is 36.5 Å². The largest absolute Gasteiger partial charge is 0.504 e. The zero-order chi connectivity index (χ0) is 12.3. The molecule has 1 rings (SSSR count). The number of rotatable bonds is 4. The Morgan fingerprint density at radius 1 is 1.44 bits per heavy atom. The zero-order valence-electron chi connectivity index (χ0n) is 10.2. The molecule has 1 aromatic carbocycles. The van der Waals surface area contributed by atoms with Crippen molar-refractivity contribution < 1.29 is 9.84 Å². The van der Waals surface area contributed by atoms with Crippen molar-refractivity contribution in [2.24, 2.45) is 0 Å². The molecule has 0 fully saturated rings. The molecule has 0 saturated heterocycles. The highest BCUT2D eigenvalue weighted by molar-refractivity contribution is 14.1. The lowest BCUT2D eigenvalue weighted by molar-refractivity contribution is 0.370. The van der Waals surface area contributed by atoms with Gasteiger partial charge < -0.3 is 9.84 Å². The molecule has 3 heteroatoms. The Bertz CT molecular complexity index is 359. The summed E-state index contributed by atoms with van der Waals surface area (Å²) >= 11 is 2.44. The van der Waals surface area contributed by atoms with Crippen LogP contribution in [0.25, 0.3) is 0 Å². The van der Waals surface area contributed by atoms with Crippen LogP contribution in [0.5, 0.6) is 11.5 Å².